The molecular formula is C20H18ClN3. The fourth-order valence-electron chi connectivity index (χ4n) is 2.59. The fourth-order valence-corrected chi connectivity index (χ4v) is 2.71. The van der Waals surface area contributed by atoms with Gasteiger partial charge in [-0.2, -0.15) is 0 Å². The van der Waals surface area contributed by atoms with Gasteiger partial charge >= 0.3 is 0 Å². The molecule has 1 heterocycles. The number of halogens is 1. The summed E-state index contributed by atoms with van der Waals surface area (Å²) >= 11 is 5.99. The molecule has 120 valence electrons. The predicted octanol–water partition coefficient (Wildman–Crippen LogP) is 5.13. The molecule has 0 spiro atoms. The van der Waals surface area contributed by atoms with Crippen LogP contribution in [0.15, 0.2) is 73.8 Å². The number of benzene rings is 2. The molecule has 3 nitrogen and oxygen atoms in total. The first-order chi connectivity index (χ1) is 11.7. The Balaban J connectivity index is 2.20. The van der Waals surface area contributed by atoms with E-state index in [9.17, 15) is 0 Å². The lowest BCUT2D eigenvalue weighted by molar-refractivity contribution is 0.930. The van der Waals surface area contributed by atoms with Crippen molar-refractivity contribution in [2.75, 3.05) is 18.0 Å². The Bertz CT molecular complexity index is 862. The van der Waals surface area contributed by atoms with Gasteiger partial charge in [0.25, 0.3) is 0 Å². The predicted molar refractivity (Wildman–Crippen MR) is 103 cm³/mol. The van der Waals surface area contributed by atoms with Crippen LogP contribution in [-0.2, 0) is 0 Å². The van der Waals surface area contributed by atoms with Gasteiger partial charge in [-0.3, -0.25) is 0 Å². The lowest BCUT2D eigenvalue weighted by Crippen LogP contribution is -2.24. The normalized spacial score (nSPS) is 10.5. The monoisotopic (exact) mass is 335 g/mol. The Kier molecular flexibility index (Phi) is 4.92. The molecule has 3 rings (SSSR count). The van der Waals surface area contributed by atoms with E-state index in [1.165, 1.54) is 0 Å². The topological polar surface area (TPSA) is 29.0 Å². The first kappa shape index (κ1) is 16.2. The summed E-state index contributed by atoms with van der Waals surface area (Å²) < 4.78 is 0. The molecule has 0 radical (unpaired) electrons. The van der Waals surface area contributed by atoms with Crippen LogP contribution in [0.25, 0.3) is 22.3 Å². The van der Waals surface area contributed by atoms with Gasteiger partial charge in [0.15, 0.2) is 5.82 Å². The average Bonchev–Trinajstić information content (AvgIpc) is 2.61. The van der Waals surface area contributed by atoms with Crippen molar-refractivity contribution >= 4 is 28.3 Å². The van der Waals surface area contributed by atoms with Crippen LogP contribution in [0.1, 0.15) is 0 Å². The van der Waals surface area contributed by atoms with Crippen LogP contribution < -0.4 is 4.90 Å². The summed E-state index contributed by atoms with van der Waals surface area (Å²) in [5.74, 6) is 1.56. The van der Waals surface area contributed by atoms with E-state index < -0.39 is 0 Å². The third kappa shape index (κ3) is 3.31. The van der Waals surface area contributed by atoms with Gasteiger partial charge in [0, 0.05) is 29.1 Å². The van der Waals surface area contributed by atoms with E-state index in [4.69, 9.17) is 21.6 Å². The van der Waals surface area contributed by atoms with Crippen LogP contribution in [0.3, 0.4) is 0 Å². The highest BCUT2D eigenvalue weighted by Gasteiger charge is 2.13. The van der Waals surface area contributed by atoms with Crippen LogP contribution in [0.4, 0.5) is 5.82 Å². The smallest absolute Gasteiger partial charge is 0.162 e. The molecule has 0 saturated heterocycles. The molecule has 3 aromatic rings. The minimum Gasteiger partial charge on any atom is -0.349 e. The largest absolute Gasteiger partial charge is 0.349 e. The van der Waals surface area contributed by atoms with Crippen molar-refractivity contribution in [2.24, 2.45) is 0 Å². The number of hydrogen-bond acceptors (Lipinski definition) is 3. The molecule has 0 aliphatic heterocycles. The van der Waals surface area contributed by atoms with Crippen molar-refractivity contribution < 1.29 is 0 Å². The van der Waals surface area contributed by atoms with E-state index in [0.29, 0.717) is 23.9 Å². The van der Waals surface area contributed by atoms with E-state index in [-0.39, 0.29) is 0 Å². The Hall–Kier alpha value is -2.65. The maximum absolute atomic E-state index is 5.99. The minimum atomic E-state index is 0.679. The number of anilines is 1. The quantitative estimate of drug-likeness (QED) is 0.585. The molecule has 0 bridgehead atoms. The minimum absolute atomic E-state index is 0.679. The summed E-state index contributed by atoms with van der Waals surface area (Å²) in [6.07, 6.45) is 3.73. The van der Waals surface area contributed by atoms with Gasteiger partial charge in [-0.25, -0.2) is 9.97 Å². The lowest BCUT2D eigenvalue weighted by Gasteiger charge is -2.22. The van der Waals surface area contributed by atoms with E-state index >= 15 is 0 Å². The molecular weight excluding hydrogens is 318 g/mol. The van der Waals surface area contributed by atoms with Crippen LogP contribution in [-0.4, -0.2) is 23.1 Å². The number of fused-ring (bicyclic) bond motifs is 1. The molecule has 0 aliphatic rings. The summed E-state index contributed by atoms with van der Waals surface area (Å²) in [4.78, 5) is 11.6. The number of rotatable bonds is 6. The molecule has 4 heteroatoms. The van der Waals surface area contributed by atoms with E-state index in [1.54, 1.807) is 0 Å². The molecule has 0 amide bonds. The Labute approximate surface area is 146 Å². The zero-order valence-corrected chi connectivity index (χ0v) is 14.1. The first-order valence-corrected chi connectivity index (χ1v) is 8.10. The Morgan fingerprint density at radius 1 is 0.917 bits per heavy atom. The second kappa shape index (κ2) is 7.28. The summed E-state index contributed by atoms with van der Waals surface area (Å²) in [5, 5.41) is 1.71. The zero-order valence-electron chi connectivity index (χ0n) is 13.3. The van der Waals surface area contributed by atoms with Crippen molar-refractivity contribution in [3.63, 3.8) is 0 Å². The van der Waals surface area contributed by atoms with Gasteiger partial charge < -0.3 is 4.90 Å². The highest BCUT2D eigenvalue weighted by atomic mass is 35.5. The van der Waals surface area contributed by atoms with Crippen molar-refractivity contribution in [2.45, 2.75) is 0 Å². The highest BCUT2D eigenvalue weighted by molar-refractivity contribution is 6.30. The van der Waals surface area contributed by atoms with Gasteiger partial charge in [0.05, 0.1) is 5.52 Å². The maximum Gasteiger partial charge on any atom is 0.162 e. The molecule has 0 atom stereocenters. The van der Waals surface area contributed by atoms with Crippen LogP contribution in [0.2, 0.25) is 5.02 Å². The van der Waals surface area contributed by atoms with Crippen LogP contribution in [0, 0.1) is 0 Å². The van der Waals surface area contributed by atoms with Crippen LogP contribution in [0.5, 0.6) is 0 Å². The summed E-state index contributed by atoms with van der Waals surface area (Å²) in [5.41, 5.74) is 1.84. The first-order valence-electron chi connectivity index (χ1n) is 7.72. The van der Waals surface area contributed by atoms with Gasteiger partial charge in [0.2, 0.25) is 0 Å². The van der Waals surface area contributed by atoms with E-state index in [0.717, 1.165) is 22.3 Å². The van der Waals surface area contributed by atoms with E-state index in [2.05, 4.69) is 18.1 Å². The molecule has 1 aromatic heterocycles. The third-order valence-corrected chi connectivity index (χ3v) is 3.94. The Morgan fingerprint density at radius 2 is 1.58 bits per heavy atom. The van der Waals surface area contributed by atoms with Crippen molar-refractivity contribution in [1.82, 2.24) is 9.97 Å². The Morgan fingerprint density at radius 3 is 2.25 bits per heavy atom. The van der Waals surface area contributed by atoms with Crippen molar-refractivity contribution in [3.05, 3.63) is 78.9 Å². The highest BCUT2D eigenvalue weighted by Crippen LogP contribution is 2.28. The summed E-state index contributed by atoms with van der Waals surface area (Å²) in [7, 11) is 0. The molecule has 24 heavy (non-hydrogen) atoms. The fraction of sp³-hybridized carbons (Fsp3) is 0.100. The summed E-state index contributed by atoms with van der Waals surface area (Å²) in [6.45, 7) is 9.06. The number of aromatic nitrogens is 2. The number of para-hydroxylation sites is 1. The van der Waals surface area contributed by atoms with Gasteiger partial charge in [0.1, 0.15) is 5.82 Å². The van der Waals surface area contributed by atoms with Gasteiger partial charge in [-0.05, 0) is 36.4 Å². The average molecular weight is 336 g/mol. The van der Waals surface area contributed by atoms with Gasteiger partial charge in [-0.1, -0.05) is 35.9 Å². The molecule has 2 aromatic carbocycles. The number of nitrogens with zero attached hydrogens (tertiary/aromatic N) is 3. The molecule has 0 unspecified atom stereocenters. The van der Waals surface area contributed by atoms with Crippen LogP contribution >= 0.6 is 11.6 Å². The molecule has 0 aliphatic carbocycles. The zero-order chi connectivity index (χ0) is 16.9. The molecule has 0 fully saturated rings. The lowest BCUT2D eigenvalue weighted by atomic mass is 10.1. The molecule has 0 saturated carbocycles. The molecule has 0 N–H and O–H groups in total. The second-order valence-corrected chi connectivity index (χ2v) is 5.81. The van der Waals surface area contributed by atoms with Crippen molar-refractivity contribution in [3.8, 4) is 11.4 Å². The van der Waals surface area contributed by atoms with E-state index in [1.807, 2.05) is 60.7 Å². The SMILES string of the molecule is C=CCN(CC=C)c1nc(-c2ccc(Cl)cc2)nc2ccccc12. The standard InChI is InChI=1S/C20H18ClN3/c1-3-13-24(14-4-2)20-17-7-5-6-8-18(17)22-19(23-20)15-9-11-16(21)12-10-15/h3-12H,1-2,13-14H2. The number of hydrogen-bond donors (Lipinski definition) is 0. The second-order valence-electron chi connectivity index (χ2n) is 5.38. The summed E-state index contributed by atoms with van der Waals surface area (Å²) in [6, 6.07) is 15.6. The van der Waals surface area contributed by atoms with Gasteiger partial charge in [-0.15, -0.1) is 13.2 Å². The third-order valence-electron chi connectivity index (χ3n) is 3.68. The maximum atomic E-state index is 5.99. The van der Waals surface area contributed by atoms with Crippen molar-refractivity contribution in [1.29, 1.82) is 0 Å².